The molecule has 2 N–H and O–H groups in total. The molecule has 0 radical (unpaired) electrons. The summed E-state index contributed by atoms with van der Waals surface area (Å²) >= 11 is 1.56. The summed E-state index contributed by atoms with van der Waals surface area (Å²) in [4.78, 5) is 26.6. The maximum Gasteiger partial charge on any atom is 0.341 e. The molecule has 0 aliphatic carbocycles. The van der Waals surface area contributed by atoms with E-state index < -0.39 is 18.5 Å². The normalized spacial score (nSPS) is 11.7. The number of carbonyl (C=O) groups is 2. The number of nitrogens with zero attached hydrogens (tertiary/aromatic N) is 1. The third kappa shape index (κ3) is 7.98. The van der Waals surface area contributed by atoms with Crippen molar-refractivity contribution in [1.82, 2.24) is 4.98 Å². The van der Waals surface area contributed by atoms with Gasteiger partial charge in [0.05, 0.1) is 17.6 Å². The number of fused-ring (bicyclic) bond motifs is 1. The molecular formula is C29H27NO6S. The van der Waals surface area contributed by atoms with Crippen LogP contribution in [-0.4, -0.2) is 39.5 Å². The van der Waals surface area contributed by atoms with Crippen LogP contribution in [0.4, 0.5) is 0 Å². The van der Waals surface area contributed by atoms with Gasteiger partial charge in [-0.05, 0) is 53.9 Å². The Morgan fingerprint density at radius 3 is 2.43 bits per heavy atom. The molecule has 1 aromatic heterocycles. The zero-order valence-electron chi connectivity index (χ0n) is 20.1. The maximum atomic E-state index is 11.1. The Morgan fingerprint density at radius 1 is 0.838 bits per heavy atom. The van der Waals surface area contributed by atoms with Crippen LogP contribution in [0, 0.1) is 0 Å². The lowest BCUT2D eigenvalue weighted by molar-refractivity contribution is -0.139. The predicted molar refractivity (Wildman–Crippen MR) is 143 cm³/mol. The molecule has 0 fully saturated rings. The lowest BCUT2D eigenvalue weighted by Crippen LogP contribution is -2.09. The number of benzene rings is 3. The van der Waals surface area contributed by atoms with Gasteiger partial charge in [-0.15, -0.1) is 0 Å². The largest absolute Gasteiger partial charge is 0.487 e. The molecule has 190 valence electrons. The van der Waals surface area contributed by atoms with Gasteiger partial charge >= 0.3 is 11.9 Å². The number of ether oxygens (including phenoxy) is 2. The average Bonchev–Trinajstić information content (AvgIpc) is 2.90. The molecule has 4 rings (SSSR count). The van der Waals surface area contributed by atoms with Crippen LogP contribution < -0.4 is 9.47 Å². The standard InChI is InChI=1S/C29H27NO6S/c31-28(32)13-14-37-27(16-20-5-3-8-24(15-20)36-19-29(33)34)22-7-4-9-25(17-22)35-18-23-12-11-21-6-1-2-10-26(21)30-23/h1-12,15,17,27H,13-14,16,18-19H2,(H,31,32)(H,33,34). The molecule has 3 aromatic carbocycles. The summed E-state index contributed by atoms with van der Waals surface area (Å²) in [6, 6.07) is 27.0. The van der Waals surface area contributed by atoms with Crippen molar-refractivity contribution in [2.45, 2.75) is 24.7 Å². The molecule has 0 saturated heterocycles. The van der Waals surface area contributed by atoms with Crippen molar-refractivity contribution in [3.05, 3.63) is 102 Å². The number of hydrogen-bond donors (Lipinski definition) is 2. The number of aromatic nitrogens is 1. The number of carboxylic acid groups (broad SMARTS) is 2. The second-order valence-electron chi connectivity index (χ2n) is 8.39. The number of para-hydroxylation sites is 1. The number of carboxylic acids is 2. The Morgan fingerprint density at radius 2 is 1.62 bits per heavy atom. The van der Waals surface area contributed by atoms with Gasteiger partial charge in [-0.3, -0.25) is 4.79 Å². The van der Waals surface area contributed by atoms with Crippen LogP contribution in [0.15, 0.2) is 84.9 Å². The summed E-state index contributed by atoms with van der Waals surface area (Å²) in [5, 5.41) is 19.0. The van der Waals surface area contributed by atoms with E-state index in [0.717, 1.165) is 27.7 Å². The minimum Gasteiger partial charge on any atom is -0.487 e. The van der Waals surface area contributed by atoms with Crippen LogP contribution >= 0.6 is 11.8 Å². The second kappa shape index (κ2) is 12.8. The van der Waals surface area contributed by atoms with Crippen LogP contribution in [0.3, 0.4) is 0 Å². The Balaban J connectivity index is 1.48. The first-order chi connectivity index (χ1) is 18.0. The van der Waals surface area contributed by atoms with Crippen LogP contribution in [-0.2, 0) is 22.6 Å². The van der Waals surface area contributed by atoms with Crippen LogP contribution in [0.1, 0.15) is 28.5 Å². The summed E-state index contributed by atoms with van der Waals surface area (Å²) in [6.45, 7) is -0.0836. The predicted octanol–water partition coefficient (Wildman–Crippen LogP) is 5.77. The van der Waals surface area contributed by atoms with Crippen molar-refractivity contribution in [3.63, 3.8) is 0 Å². The molecule has 4 aromatic rings. The molecule has 0 amide bonds. The van der Waals surface area contributed by atoms with Crippen LogP contribution in [0.2, 0.25) is 0 Å². The zero-order valence-corrected chi connectivity index (χ0v) is 20.9. The Labute approximate surface area is 219 Å². The van der Waals surface area contributed by atoms with E-state index in [1.54, 1.807) is 17.8 Å². The highest BCUT2D eigenvalue weighted by Crippen LogP contribution is 2.35. The minimum atomic E-state index is -1.04. The topological polar surface area (TPSA) is 106 Å². The molecule has 8 heteroatoms. The van der Waals surface area contributed by atoms with E-state index in [0.29, 0.717) is 30.3 Å². The van der Waals surface area contributed by atoms with Gasteiger partial charge in [-0.2, -0.15) is 11.8 Å². The quantitative estimate of drug-likeness (QED) is 0.230. The Bertz CT molecular complexity index is 1380. The fraction of sp³-hybridized carbons (Fsp3) is 0.207. The molecule has 37 heavy (non-hydrogen) atoms. The highest BCUT2D eigenvalue weighted by Gasteiger charge is 2.16. The summed E-state index contributed by atoms with van der Waals surface area (Å²) in [5.41, 5.74) is 3.72. The zero-order chi connectivity index (χ0) is 26.0. The average molecular weight is 518 g/mol. The molecule has 0 saturated carbocycles. The molecule has 1 atom stereocenters. The molecule has 7 nitrogen and oxygen atoms in total. The number of pyridine rings is 1. The van der Waals surface area contributed by atoms with Crippen molar-refractivity contribution < 1.29 is 29.3 Å². The van der Waals surface area contributed by atoms with Gasteiger partial charge in [-0.25, -0.2) is 9.78 Å². The van der Waals surface area contributed by atoms with E-state index in [1.165, 1.54) is 0 Å². The first-order valence-corrected chi connectivity index (χ1v) is 12.9. The van der Waals surface area contributed by atoms with Gasteiger partial charge in [-0.1, -0.05) is 48.5 Å². The minimum absolute atomic E-state index is 0.0311. The van der Waals surface area contributed by atoms with Gasteiger partial charge in [0.1, 0.15) is 18.1 Å². The van der Waals surface area contributed by atoms with E-state index in [1.807, 2.05) is 78.9 Å². The molecule has 1 unspecified atom stereocenters. The number of hydrogen-bond acceptors (Lipinski definition) is 6. The number of aliphatic carboxylic acids is 2. The highest BCUT2D eigenvalue weighted by molar-refractivity contribution is 7.99. The second-order valence-corrected chi connectivity index (χ2v) is 9.70. The third-order valence-corrected chi connectivity index (χ3v) is 6.87. The maximum absolute atomic E-state index is 11.1. The SMILES string of the molecule is O=C(O)CCSC(Cc1cccc(OCC(=O)O)c1)c1cccc(OCc2ccc3ccccc3n2)c1. The Kier molecular flexibility index (Phi) is 8.99. The monoisotopic (exact) mass is 517 g/mol. The van der Waals surface area contributed by atoms with Crippen LogP contribution in [0.25, 0.3) is 10.9 Å². The summed E-state index contributed by atoms with van der Waals surface area (Å²) in [6.07, 6.45) is 0.678. The molecular weight excluding hydrogens is 490 g/mol. The van der Waals surface area contributed by atoms with E-state index in [9.17, 15) is 9.59 Å². The van der Waals surface area contributed by atoms with Crippen molar-refractivity contribution >= 4 is 34.6 Å². The van der Waals surface area contributed by atoms with Gasteiger partial charge in [0, 0.05) is 16.4 Å². The highest BCUT2D eigenvalue weighted by atomic mass is 32.2. The fourth-order valence-corrected chi connectivity index (χ4v) is 5.06. The first kappa shape index (κ1) is 26.0. The van der Waals surface area contributed by atoms with Crippen molar-refractivity contribution in [3.8, 4) is 11.5 Å². The van der Waals surface area contributed by atoms with Gasteiger partial charge in [0.2, 0.25) is 0 Å². The first-order valence-electron chi connectivity index (χ1n) is 11.8. The van der Waals surface area contributed by atoms with Crippen molar-refractivity contribution in [1.29, 1.82) is 0 Å². The van der Waals surface area contributed by atoms with Crippen molar-refractivity contribution in [2.75, 3.05) is 12.4 Å². The lowest BCUT2D eigenvalue weighted by atomic mass is 10.0. The third-order valence-electron chi connectivity index (χ3n) is 5.59. The Hall–Kier alpha value is -4.04. The lowest BCUT2D eigenvalue weighted by Gasteiger charge is -2.19. The summed E-state index contributed by atoms with van der Waals surface area (Å²) < 4.78 is 11.4. The number of thioether (sulfide) groups is 1. The van der Waals surface area contributed by atoms with E-state index in [-0.39, 0.29) is 11.7 Å². The fourth-order valence-electron chi connectivity index (χ4n) is 3.83. The molecule has 0 spiro atoms. The molecule has 0 aliphatic heterocycles. The van der Waals surface area contributed by atoms with Crippen LogP contribution in [0.5, 0.6) is 11.5 Å². The van der Waals surface area contributed by atoms with Crippen molar-refractivity contribution in [2.24, 2.45) is 0 Å². The van der Waals surface area contributed by atoms with E-state index in [4.69, 9.17) is 19.7 Å². The van der Waals surface area contributed by atoms with E-state index >= 15 is 0 Å². The smallest absolute Gasteiger partial charge is 0.341 e. The molecule has 1 heterocycles. The van der Waals surface area contributed by atoms with E-state index in [2.05, 4.69) is 4.98 Å². The van der Waals surface area contributed by atoms with Gasteiger partial charge in [0.25, 0.3) is 0 Å². The summed E-state index contributed by atoms with van der Waals surface area (Å²) in [7, 11) is 0. The van der Waals surface area contributed by atoms with Gasteiger partial charge in [0.15, 0.2) is 6.61 Å². The molecule has 0 bridgehead atoms. The summed E-state index contributed by atoms with van der Waals surface area (Å²) in [5.74, 6) is -0.233. The molecule has 0 aliphatic rings. The van der Waals surface area contributed by atoms with Gasteiger partial charge < -0.3 is 19.7 Å². The number of rotatable bonds is 13.